The molecule has 14 heavy (non-hydrogen) atoms. The van der Waals surface area contributed by atoms with Crippen molar-refractivity contribution in [1.82, 2.24) is 5.43 Å². The number of aryl methyl sites for hydroxylation is 1. The van der Waals surface area contributed by atoms with Crippen molar-refractivity contribution in [2.24, 2.45) is 11.3 Å². The number of hydrogen-bond acceptors (Lipinski definition) is 3. The van der Waals surface area contributed by atoms with Crippen molar-refractivity contribution in [1.29, 1.82) is 0 Å². The Kier molecular flexibility index (Phi) is 3.70. The first-order valence-electron chi connectivity index (χ1n) is 5.03. The monoisotopic (exact) mass is 212 g/mol. The summed E-state index contributed by atoms with van der Waals surface area (Å²) in [6, 6.07) is 2.41. The molecule has 0 saturated heterocycles. The molecule has 0 saturated carbocycles. The predicted octanol–water partition coefficient (Wildman–Crippen LogP) is 3.00. The molecule has 80 valence electrons. The van der Waals surface area contributed by atoms with Crippen LogP contribution in [0, 0.1) is 12.3 Å². The van der Waals surface area contributed by atoms with Crippen LogP contribution < -0.4 is 11.3 Å². The van der Waals surface area contributed by atoms with E-state index in [1.807, 2.05) is 0 Å². The van der Waals surface area contributed by atoms with Crippen molar-refractivity contribution >= 4 is 11.3 Å². The van der Waals surface area contributed by atoms with E-state index in [0.29, 0.717) is 0 Å². The van der Waals surface area contributed by atoms with Gasteiger partial charge >= 0.3 is 0 Å². The third-order valence-corrected chi connectivity index (χ3v) is 4.11. The Morgan fingerprint density at radius 1 is 1.57 bits per heavy atom. The highest BCUT2D eigenvalue weighted by Gasteiger charge is 2.29. The molecule has 2 nitrogen and oxygen atoms in total. The van der Waals surface area contributed by atoms with Crippen LogP contribution in [0.25, 0.3) is 0 Å². The van der Waals surface area contributed by atoms with Gasteiger partial charge in [-0.05, 0) is 35.8 Å². The lowest BCUT2D eigenvalue weighted by molar-refractivity contribution is 0.239. The van der Waals surface area contributed by atoms with E-state index < -0.39 is 0 Å². The Balaban J connectivity index is 2.99. The van der Waals surface area contributed by atoms with Gasteiger partial charge in [0, 0.05) is 4.88 Å². The highest BCUT2D eigenvalue weighted by molar-refractivity contribution is 7.10. The summed E-state index contributed by atoms with van der Waals surface area (Å²) in [6.45, 7) is 8.84. The number of hydrazine groups is 1. The lowest BCUT2D eigenvalue weighted by Crippen LogP contribution is -2.37. The van der Waals surface area contributed by atoms with Gasteiger partial charge in [-0.25, -0.2) is 0 Å². The SMILES string of the molecule is CCC(C)(C)C(NN)c1sccc1C. The second-order valence-corrected chi connectivity index (χ2v) is 5.36. The zero-order chi connectivity index (χ0) is 10.8. The van der Waals surface area contributed by atoms with Gasteiger partial charge in [0.15, 0.2) is 0 Å². The topological polar surface area (TPSA) is 38.0 Å². The summed E-state index contributed by atoms with van der Waals surface area (Å²) in [5.41, 5.74) is 4.48. The maximum Gasteiger partial charge on any atom is 0.0606 e. The van der Waals surface area contributed by atoms with E-state index in [2.05, 4.69) is 44.6 Å². The molecule has 0 aliphatic rings. The Labute approximate surface area is 90.5 Å². The molecule has 1 heterocycles. The van der Waals surface area contributed by atoms with E-state index in [0.717, 1.165) is 6.42 Å². The molecule has 0 spiro atoms. The molecule has 0 aliphatic carbocycles. The first-order valence-corrected chi connectivity index (χ1v) is 5.91. The fourth-order valence-electron chi connectivity index (χ4n) is 1.54. The maximum atomic E-state index is 5.65. The van der Waals surface area contributed by atoms with Gasteiger partial charge in [0.2, 0.25) is 0 Å². The van der Waals surface area contributed by atoms with Crippen LogP contribution >= 0.6 is 11.3 Å². The lowest BCUT2D eigenvalue weighted by atomic mass is 9.81. The Bertz CT molecular complexity index is 291. The molecular formula is C11H20N2S. The molecule has 1 aromatic rings. The van der Waals surface area contributed by atoms with E-state index in [1.54, 1.807) is 11.3 Å². The third-order valence-electron chi connectivity index (χ3n) is 3.02. The standard InChI is InChI=1S/C11H20N2S/c1-5-11(3,4)10(13-12)9-8(2)6-7-14-9/h6-7,10,13H,5,12H2,1-4H3. The van der Waals surface area contributed by atoms with E-state index >= 15 is 0 Å². The van der Waals surface area contributed by atoms with E-state index in [-0.39, 0.29) is 11.5 Å². The Morgan fingerprint density at radius 2 is 2.21 bits per heavy atom. The highest BCUT2D eigenvalue weighted by atomic mass is 32.1. The minimum Gasteiger partial charge on any atom is -0.271 e. The maximum absolute atomic E-state index is 5.65. The largest absolute Gasteiger partial charge is 0.271 e. The van der Waals surface area contributed by atoms with E-state index in [1.165, 1.54) is 10.4 Å². The van der Waals surface area contributed by atoms with Gasteiger partial charge in [-0.15, -0.1) is 11.3 Å². The average molecular weight is 212 g/mol. The van der Waals surface area contributed by atoms with Gasteiger partial charge in [-0.2, -0.15) is 0 Å². The van der Waals surface area contributed by atoms with Crippen molar-refractivity contribution in [2.75, 3.05) is 0 Å². The highest BCUT2D eigenvalue weighted by Crippen LogP contribution is 2.39. The zero-order valence-electron chi connectivity index (χ0n) is 9.42. The molecule has 1 atom stereocenters. The summed E-state index contributed by atoms with van der Waals surface area (Å²) in [7, 11) is 0. The smallest absolute Gasteiger partial charge is 0.0606 e. The number of hydrogen-bond donors (Lipinski definition) is 2. The molecule has 0 radical (unpaired) electrons. The fourth-order valence-corrected chi connectivity index (χ4v) is 2.74. The zero-order valence-corrected chi connectivity index (χ0v) is 10.2. The van der Waals surface area contributed by atoms with Gasteiger partial charge in [-0.1, -0.05) is 20.8 Å². The Hall–Kier alpha value is -0.380. The number of thiophene rings is 1. The van der Waals surface area contributed by atoms with Crippen LogP contribution in [0.15, 0.2) is 11.4 Å². The minimum atomic E-state index is 0.199. The average Bonchev–Trinajstić information content (AvgIpc) is 2.53. The van der Waals surface area contributed by atoms with Crippen molar-refractivity contribution in [3.05, 3.63) is 21.9 Å². The summed E-state index contributed by atoms with van der Waals surface area (Å²) < 4.78 is 0. The van der Waals surface area contributed by atoms with Gasteiger partial charge in [0.25, 0.3) is 0 Å². The van der Waals surface area contributed by atoms with Crippen molar-refractivity contribution in [3.8, 4) is 0 Å². The van der Waals surface area contributed by atoms with Crippen LogP contribution in [0.3, 0.4) is 0 Å². The second-order valence-electron chi connectivity index (χ2n) is 4.41. The summed E-state index contributed by atoms with van der Waals surface area (Å²) in [4.78, 5) is 1.36. The van der Waals surface area contributed by atoms with Crippen LogP contribution in [0.1, 0.15) is 43.7 Å². The molecule has 0 bridgehead atoms. The molecule has 3 heteroatoms. The number of nitrogens with two attached hydrogens (primary N) is 1. The first-order chi connectivity index (χ1) is 6.53. The second kappa shape index (κ2) is 4.43. The summed E-state index contributed by atoms with van der Waals surface area (Å²) in [6.07, 6.45) is 1.11. The molecule has 1 unspecified atom stereocenters. The number of nitrogens with one attached hydrogen (secondary N) is 1. The van der Waals surface area contributed by atoms with E-state index in [9.17, 15) is 0 Å². The number of rotatable bonds is 4. The predicted molar refractivity (Wildman–Crippen MR) is 63.2 cm³/mol. The van der Waals surface area contributed by atoms with E-state index in [4.69, 9.17) is 5.84 Å². The Morgan fingerprint density at radius 3 is 2.57 bits per heavy atom. The van der Waals surface area contributed by atoms with Gasteiger partial charge in [-0.3, -0.25) is 11.3 Å². The normalized spacial score (nSPS) is 14.4. The minimum absolute atomic E-state index is 0.199. The molecule has 0 fully saturated rings. The molecule has 3 N–H and O–H groups in total. The quantitative estimate of drug-likeness (QED) is 0.595. The van der Waals surface area contributed by atoms with Crippen molar-refractivity contribution in [2.45, 2.75) is 40.2 Å². The fraction of sp³-hybridized carbons (Fsp3) is 0.636. The molecule has 0 amide bonds. The van der Waals surface area contributed by atoms with Crippen LogP contribution in [-0.2, 0) is 0 Å². The van der Waals surface area contributed by atoms with Gasteiger partial charge in [0.05, 0.1) is 6.04 Å². The van der Waals surface area contributed by atoms with Crippen LogP contribution in [0.5, 0.6) is 0 Å². The first kappa shape index (κ1) is 11.7. The molecule has 1 aromatic heterocycles. The molecule has 0 aliphatic heterocycles. The summed E-state index contributed by atoms with van der Waals surface area (Å²) in [5, 5.41) is 2.13. The lowest BCUT2D eigenvalue weighted by Gasteiger charge is -2.32. The van der Waals surface area contributed by atoms with Crippen molar-refractivity contribution < 1.29 is 0 Å². The van der Waals surface area contributed by atoms with Crippen molar-refractivity contribution in [3.63, 3.8) is 0 Å². The van der Waals surface area contributed by atoms with Crippen LogP contribution in [-0.4, -0.2) is 0 Å². The molecule has 1 rings (SSSR count). The van der Waals surface area contributed by atoms with Gasteiger partial charge < -0.3 is 0 Å². The third kappa shape index (κ3) is 2.16. The summed E-state index contributed by atoms with van der Waals surface area (Å²) in [5.74, 6) is 5.65. The molecular weight excluding hydrogens is 192 g/mol. The van der Waals surface area contributed by atoms with Crippen LogP contribution in [0.2, 0.25) is 0 Å². The molecule has 0 aromatic carbocycles. The summed E-state index contributed by atoms with van der Waals surface area (Å²) >= 11 is 1.78. The van der Waals surface area contributed by atoms with Crippen LogP contribution in [0.4, 0.5) is 0 Å². The van der Waals surface area contributed by atoms with Gasteiger partial charge in [0.1, 0.15) is 0 Å².